The summed E-state index contributed by atoms with van der Waals surface area (Å²) in [5, 5.41) is 13.2. The SMILES string of the molecule is COc1cc(NC(C)c2ccccc2O)ccc1Br. The minimum atomic E-state index is 0.00656. The van der Waals surface area contributed by atoms with Crippen LogP contribution in [0.1, 0.15) is 18.5 Å². The van der Waals surface area contributed by atoms with Gasteiger partial charge in [-0.25, -0.2) is 0 Å². The number of anilines is 1. The van der Waals surface area contributed by atoms with E-state index in [1.54, 1.807) is 13.2 Å². The van der Waals surface area contributed by atoms with Gasteiger partial charge < -0.3 is 15.2 Å². The van der Waals surface area contributed by atoms with Crippen LogP contribution in [0.25, 0.3) is 0 Å². The maximum Gasteiger partial charge on any atom is 0.135 e. The summed E-state index contributed by atoms with van der Waals surface area (Å²) in [7, 11) is 1.64. The first-order chi connectivity index (χ1) is 9.11. The van der Waals surface area contributed by atoms with Gasteiger partial charge in [-0.1, -0.05) is 18.2 Å². The van der Waals surface area contributed by atoms with Crippen molar-refractivity contribution in [2.45, 2.75) is 13.0 Å². The zero-order chi connectivity index (χ0) is 13.8. The Hall–Kier alpha value is -1.68. The molecule has 0 bridgehead atoms. The van der Waals surface area contributed by atoms with Crippen LogP contribution in [0.5, 0.6) is 11.5 Å². The van der Waals surface area contributed by atoms with Gasteiger partial charge in [0.1, 0.15) is 11.5 Å². The Morgan fingerprint density at radius 3 is 2.63 bits per heavy atom. The number of hydrogen-bond acceptors (Lipinski definition) is 3. The highest BCUT2D eigenvalue weighted by atomic mass is 79.9. The normalized spacial score (nSPS) is 11.9. The molecule has 3 nitrogen and oxygen atoms in total. The highest BCUT2D eigenvalue weighted by molar-refractivity contribution is 9.10. The molecule has 0 aliphatic rings. The summed E-state index contributed by atoms with van der Waals surface area (Å²) in [5.74, 6) is 1.07. The van der Waals surface area contributed by atoms with Crippen molar-refractivity contribution in [1.82, 2.24) is 0 Å². The molecule has 0 aromatic heterocycles. The van der Waals surface area contributed by atoms with Crippen molar-refractivity contribution >= 4 is 21.6 Å². The van der Waals surface area contributed by atoms with Crippen LogP contribution in [0.2, 0.25) is 0 Å². The largest absolute Gasteiger partial charge is 0.508 e. The molecule has 0 heterocycles. The quantitative estimate of drug-likeness (QED) is 0.880. The number of methoxy groups -OCH3 is 1. The summed E-state index contributed by atoms with van der Waals surface area (Å²) < 4.78 is 6.17. The van der Waals surface area contributed by atoms with Crippen LogP contribution in [0, 0.1) is 0 Å². The number of para-hydroxylation sites is 1. The lowest BCUT2D eigenvalue weighted by Crippen LogP contribution is -2.06. The second kappa shape index (κ2) is 5.97. The highest BCUT2D eigenvalue weighted by Gasteiger charge is 2.10. The molecule has 2 N–H and O–H groups in total. The number of aromatic hydroxyl groups is 1. The standard InChI is InChI=1S/C15H16BrNO2/c1-10(12-5-3-4-6-14(12)18)17-11-7-8-13(16)15(9-11)19-2/h3-10,17-18H,1-2H3. The summed E-state index contributed by atoms with van der Waals surface area (Å²) in [6.45, 7) is 2.00. The molecule has 0 saturated carbocycles. The Labute approximate surface area is 121 Å². The molecule has 0 saturated heterocycles. The summed E-state index contributed by atoms with van der Waals surface area (Å²) in [5.41, 5.74) is 1.81. The molecule has 100 valence electrons. The fraction of sp³-hybridized carbons (Fsp3) is 0.200. The molecule has 0 radical (unpaired) electrons. The van der Waals surface area contributed by atoms with Crippen LogP contribution < -0.4 is 10.1 Å². The Balaban J connectivity index is 2.19. The maximum absolute atomic E-state index is 9.83. The molecule has 2 aromatic carbocycles. The number of halogens is 1. The number of benzene rings is 2. The number of hydrogen-bond donors (Lipinski definition) is 2. The van der Waals surface area contributed by atoms with Gasteiger partial charge in [-0.2, -0.15) is 0 Å². The van der Waals surface area contributed by atoms with E-state index in [1.807, 2.05) is 43.3 Å². The number of phenolic OH excluding ortho intramolecular Hbond substituents is 1. The van der Waals surface area contributed by atoms with E-state index in [2.05, 4.69) is 21.2 Å². The van der Waals surface area contributed by atoms with Crippen LogP contribution in [0.15, 0.2) is 46.9 Å². The van der Waals surface area contributed by atoms with Crippen LogP contribution in [-0.2, 0) is 0 Å². The number of ether oxygens (including phenoxy) is 1. The Bertz CT molecular complexity index is 572. The molecule has 1 unspecified atom stereocenters. The van der Waals surface area contributed by atoms with E-state index in [4.69, 9.17) is 4.74 Å². The van der Waals surface area contributed by atoms with Crippen LogP contribution >= 0.6 is 15.9 Å². The van der Waals surface area contributed by atoms with Gasteiger partial charge in [0.2, 0.25) is 0 Å². The van der Waals surface area contributed by atoms with Gasteiger partial charge in [-0.15, -0.1) is 0 Å². The molecular weight excluding hydrogens is 306 g/mol. The molecule has 2 aromatic rings. The van der Waals surface area contributed by atoms with Gasteiger partial charge >= 0.3 is 0 Å². The van der Waals surface area contributed by atoms with Gasteiger partial charge in [0, 0.05) is 17.3 Å². The molecule has 19 heavy (non-hydrogen) atoms. The van der Waals surface area contributed by atoms with E-state index >= 15 is 0 Å². The Kier molecular flexibility index (Phi) is 4.32. The third kappa shape index (κ3) is 3.20. The summed E-state index contributed by atoms with van der Waals surface area (Å²) >= 11 is 3.42. The lowest BCUT2D eigenvalue weighted by molar-refractivity contribution is 0.412. The Morgan fingerprint density at radius 1 is 1.21 bits per heavy atom. The second-order valence-corrected chi connectivity index (χ2v) is 5.13. The summed E-state index contributed by atoms with van der Waals surface area (Å²) in [4.78, 5) is 0. The lowest BCUT2D eigenvalue weighted by Gasteiger charge is -2.17. The summed E-state index contributed by atoms with van der Waals surface area (Å²) in [6, 6.07) is 13.1. The second-order valence-electron chi connectivity index (χ2n) is 4.27. The van der Waals surface area contributed by atoms with E-state index < -0.39 is 0 Å². The van der Waals surface area contributed by atoms with Crippen molar-refractivity contribution in [2.75, 3.05) is 12.4 Å². The average Bonchev–Trinajstić information content (AvgIpc) is 2.41. The third-order valence-electron chi connectivity index (χ3n) is 2.94. The molecule has 1 atom stereocenters. The zero-order valence-electron chi connectivity index (χ0n) is 10.9. The predicted octanol–water partition coefficient (Wildman–Crippen LogP) is 4.34. The van der Waals surface area contributed by atoms with E-state index in [-0.39, 0.29) is 6.04 Å². The molecule has 0 amide bonds. The van der Waals surface area contributed by atoms with Crippen molar-refractivity contribution in [3.63, 3.8) is 0 Å². The van der Waals surface area contributed by atoms with Gasteiger partial charge in [0.25, 0.3) is 0 Å². The van der Waals surface area contributed by atoms with Crippen molar-refractivity contribution < 1.29 is 9.84 Å². The van der Waals surface area contributed by atoms with E-state index in [0.29, 0.717) is 5.75 Å². The lowest BCUT2D eigenvalue weighted by atomic mass is 10.1. The van der Waals surface area contributed by atoms with Gasteiger partial charge in [-0.3, -0.25) is 0 Å². The third-order valence-corrected chi connectivity index (χ3v) is 3.59. The fourth-order valence-corrected chi connectivity index (χ4v) is 2.34. The summed E-state index contributed by atoms with van der Waals surface area (Å²) in [6.07, 6.45) is 0. The van der Waals surface area contributed by atoms with E-state index in [1.165, 1.54) is 0 Å². The monoisotopic (exact) mass is 321 g/mol. The smallest absolute Gasteiger partial charge is 0.135 e. The van der Waals surface area contributed by atoms with Gasteiger partial charge in [-0.05, 0) is 41.1 Å². The average molecular weight is 322 g/mol. The molecule has 0 aliphatic carbocycles. The highest BCUT2D eigenvalue weighted by Crippen LogP contribution is 2.31. The number of phenols is 1. The van der Waals surface area contributed by atoms with Crippen molar-refractivity contribution in [1.29, 1.82) is 0 Å². The van der Waals surface area contributed by atoms with Crippen LogP contribution in [-0.4, -0.2) is 12.2 Å². The topological polar surface area (TPSA) is 41.5 Å². The fourth-order valence-electron chi connectivity index (χ4n) is 1.93. The van der Waals surface area contributed by atoms with Crippen molar-refractivity contribution in [3.05, 3.63) is 52.5 Å². The Morgan fingerprint density at radius 2 is 1.95 bits per heavy atom. The molecule has 2 rings (SSSR count). The number of rotatable bonds is 4. The molecular formula is C15H16BrNO2. The first-order valence-electron chi connectivity index (χ1n) is 6.00. The molecule has 0 fully saturated rings. The van der Waals surface area contributed by atoms with E-state index in [0.717, 1.165) is 21.5 Å². The van der Waals surface area contributed by atoms with E-state index in [9.17, 15) is 5.11 Å². The van der Waals surface area contributed by atoms with Gasteiger partial charge in [0.15, 0.2) is 0 Å². The maximum atomic E-state index is 9.83. The van der Waals surface area contributed by atoms with Gasteiger partial charge in [0.05, 0.1) is 17.6 Å². The zero-order valence-corrected chi connectivity index (χ0v) is 12.4. The number of nitrogens with one attached hydrogen (secondary N) is 1. The first-order valence-corrected chi connectivity index (χ1v) is 6.79. The van der Waals surface area contributed by atoms with Crippen LogP contribution in [0.4, 0.5) is 5.69 Å². The molecule has 0 spiro atoms. The molecule has 4 heteroatoms. The minimum absolute atomic E-state index is 0.00656. The van der Waals surface area contributed by atoms with Crippen molar-refractivity contribution in [2.24, 2.45) is 0 Å². The van der Waals surface area contributed by atoms with Crippen molar-refractivity contribution in [3.8, 4) is 11.5 Å². The first kappa shape index (κ1) is 13.7. The molecule has 0 aliphatic heterocycles. The predicted molar refractivity (Wildman–Crippen MR) is 80.8 cm³/mol. The minimum Gasteiger partial charge on any atom is -0.508 e. The van der Waals surface area contributed by atoms with Crippen LogP contribution in [0.3, 0.4) is 0 Å².